The average molecular weight is 259 g/mol. The number of halogens is 2. The van der Waals surface area contributed by atoms with Crippen molar-refractivity contribution in [3.8, 4) is 0 Å². The molecule has 1 atom stereocenters. The van der Waals surface area contributed by atoms with E-state index in [2.05, 4.69) is 19.2 Å². The van der Waals surface area contributed by atoms with Gasteiger partial charge in [0, 0.05) is 16.6 Å². The molecule has 1 N–H and O–H groups in total. The maximum Gasteiger partial charge on any atom is 0.288 e. The van der Waals surface area contributed by atoms with E-state index in [1.165, 1.54) is 0 Å². The van der Waals surface area contributed by atoms with Gasteiger partial charge in [0.2, 0.25) is 0 Å². The molecule has 0 saturated carbocycles. The third kappa shape index (κ3) is 5.39. The minimum atomic E-state index is -2.37. The second-order valence-corrected chi connectivity index (χ2v) is 5.09. The Hall–Kier alpha value is -0.770. The second-order valence-electron chi connectivity index (χ2n) is 4.06. The van der Waals surface area contributed by atoms with E-state index >= 15 is 0 Å². The minimum absolute atomic E-state index is 0.314. The van der Waals surface area contributed by atoms with Crippen LogP contribution in [0, 0.1) is 0 Å². The molecule has 1 aromatic rings. The quantitative estimate of drug-likeness (QED) is 0.692. The van der Waals surface area contributed by atoms with E-state index < -0.39 is 5.76 Å². The first-order valence-electron chi connectivity index (χ1n) is 5.93. The average Bonchev–Trinajstić information content (AvgIpc) is 2.28. The number of rotatable bonds is 7. The molecule has 0 aliphatic heterocycles. The summed E-state index contributed by atoms with van der Waals surface area (Å²) in [7, 11) is 0. The molecule has 96 valence electrons. The summed E-state index contributed by atoms with van der Waals surface area (Å²) >= 11 is 0.595. The van der Waals surface area contributed by atoms with Gasteiger partial charge in [0.05, 0.1) is 0 Å². The van der Waals surface area contributed by atoms with Crippen LogP contribution in [0.1, 0.15) is 33.1 Å². The first-order chi connectivity index (χ1) is 8.13. The molecule has 0 spiro atoms. The van der Waals surface area contributed by atoms with Gasteiger partial charge in [0.1, 0.15) is 0 Å². The zero-order chi connectivity index (χ0) is 12.7. The van der Waals surface area contributed by atoms with E-state index in [0.717, 1.165) is 24.9 Å². The zero-order valence-corrected chi connectivity index (χ0v) is 11.1. The molecule has 4 heteroatoms. The van der Waals surface area contributed by atoms with E-state index in [-0.39, 0.29) is 0 Å². The van der Waals surface area contributed by atoms with Gasteiger partial charge in [0.15, 0.2) is 0 Å². The summed E-state index contributed by atoms with van der Waals surface area (Å²) in [6, 6.07) is 7.55. The highest BCUT2D eigenvalue weighted by Crippen LogP contribution is 2.32. The largest absolute Gasteiger partial charge is 0.382 e. The van der Waals surface area contributed by atoms with Gasteiger partial charge in [0.25, 0.3) is 5.76 Å². The lowest BCUT2D eigenvalue weighted by Gasteiger charge is -2.17. The number of nitrogens with one attached hydrogen (secondary N) is 1. The molecule has 0 amide bonds. The van der Waals surface area contributed by atoms with E-state index in [1.807, 2.05) is 12.1 Å². The van der Waals surface area contributed by atoms with Crippen molar-refractivity contribution in [2.45, 2.75) is 49.8 Å². The summed E-state index contributed by atoms with van der Waals surface area (Å²) in [6.45, 7) is 4.23. The lowest BCUT2D eigenvalue weighted by atomic mass is 10.1. The predicted octanol–water partition coefficient (Wildman–Crippen LogP) is 4.99. The predicted molar refractivity (Wildman–Crippen MR) is 70.9 cm³/mol. The highest BCUT2D eigenvalue weighted by atomic mass is 32.2. The van der Waals surface area contributed by atoms with Crippen LogP contribution in [0.3, 0.4) is 0 Å². The summed E-state index contributed by atoms with van der Waals surface area (Å²) in [4.78, 5) is 0.617. The molecule has 0 saturated heterocycles. The summed E-state index contributed by atoms with van der Waals surface area (Å²) in [5.41, 5.74) is 0.807. The number of hydrogen-bond acceptors (Lipinski definition) is 2. The molecule has 1 rings (SSSR count). The lowest BCUT2D eigenvalue weighted by Crippen LogP contribution is -2.15. The van der Waals surface area contributed by atoms with E-state index in [9.17, 15) is 8.78 Å². The number of para-hydroxylation sites is 1. The molecule has 1 aromatic carbocycles. The summed E-state index contributed by atoms with van der Waals surface area (Å²) in [6.07, 6.45) is 3.36. The van der Waals surface area contributed by atoms with Gasteiger partial charge >= 0.3 is 0 Å². The van der Waals surface area contributed by atoms with Gasteiger partial charge in [-0.3, -0.25) is 0 Å². The Morgan fingerprint density at radius 1 is 1.29 bits per heavy atom. The van der Waals surface area contributed by atoms with Crippen LogP contribution in [0.15, 0.2) is 29.2 Å². The van der Waals surface area contributed by atoms with Gasteiger partial charge in [-0.15, -0.1) is 0 Å². The fraction of sp³-hybridized carbons (Fsp3) is 0.538. The molecular formula is C13H19F2NS. The summed E-state index contributed by atoms with van der Waals surface area (Å²) in [5.74, 6) is -2.37. The standard InChI is InChI=1S/C13H19F2NS/c1-3-4-7-10(2)16-11-8-5-6-9-12(11)17-13(14)15/h5-6,8-10,13,16H,3-4,7H2,1-2H3. The smallest absolute Gasteiger partial charge is 0.288 e. The monoisotopic (exact) mass is 259 g/mol. The van der Waals surface area contributed by atoms with Crippen molar-refractivity contribution < 1.29 is 8.78 Å². The number of thioether (sulfide) groups is 1. The number of anilines is 1. The summed E-state index contributed by atoms with van der Waals surface area (Å²) in [5, 5.41) is 3.30. The van der Waals surface area contributed by atoms with Crippen LogP contribution < -0.4 is 5.32 Å². The van der Waals surface area contributed by atoms with Crippen molar-refractivity contribution in [3.05, 3.63) is 24.3 Å². The van der Waals surface area contributed by atoms with Crippen LogP contribution in [-0.2, 0) is 0 Å². The lowest BCUT2D eigenvalue weighted by molar-refractivity contribution is 0.252. The first kappa shape index (κ1) is 14.3. The SMILES string of the molecule is CCCCC(C)Nc1ccccc1SC(F)F. The Bertz CT molecular complexity index is 331. The summed E-state index contributed by atoms with van der Waals surface area (Å²) < 4.78 is 24.8. The van der Waals surface area contributed by atoms with E-state index in [0.29, 0.717) is 22.7 Å². The number of alkyl halides is 2. The van der Waals surface area contributed by atoms with Gasteiger partial charge in [-0.1, -0.05) is 43.7 Å². The maximum atomic E-state index is 12.4. The normalized spacial score (nSPS) is 12.8. The van der Waals surface area contributed by atoms with Crippen molar-refractivity contribution in [2.24, 2.45) is 0 Å². The van der Waals surface area contributed by atoms with E-state index in [4.69, 9.17) is 0 Å². The number of hydrogen-bond donors (Lipinski definition) is 1. The molecular weight excluding hydrogens is 240 g/mol. The van der Waals surface area contributed by atoms with Crippen LogP contribution in [0.2, 0.25) is 0 Å². The third-order valence-electron chi connectivity index (χ3n) is 2.50. The van der Waals surface area contributed by atoms with Crippen LogP contribution >= 0.6 is 11.8 Å². The number of benzene rings is 1. The zero-order valence-electron chi connectivity index (χ0n) is 10.2. The Balaban J connectivity index is 2.62. The number of unbranched alkanes of at least 4 members (excludes halogenated alkanes) is 1. The molecule has 0 bridgehead atoms. The molecule has 17 heavy (non-hydrogen) atoms. The van der Waals surface area contributed by atoms with Crippen LogP contribution in [0.4, 0.5) is 14.5 Å². The molecule has 1 unspecified atom stereocenters. The third-order valence-corrected chi connectivity index (χ3v) is 3.28. The molecule has 0 radical (unpaired) electrons. The van der Waals surface area contributed by atoms with Crippen molar-refractivity contribution in [1.82, 2.24) is 0 Å². The highest BCUT2D eigenvalue weighted by Gasteiger charge is 2.10. The van der Waals surface area contributed by atoms with Gasteiger partial charge in [-0.25, -0.2) is 0 Å². The molecule has 0 heterocycles. The van der Waals surface area contributed by atoms with E-state index in [1.54, 1.807) is 12.1 Å². The van der Waals surface area contributed by atoms with Gasteiger partial charge in [-0.05, 0) is 25.5 Å². The Labute approximate surface area is 106 Å². The molecule has 0 aliphatic rings. The fourth-order valence-electron chi connectivity index (χ4n) is 1.63. The van der Waals surface area contributed by atoms with Crippen LogP contribution in [-0.4, -0.2) is 11.8 Å². The molecule has 0 aliphatic carbocycles. The highest BCUT2D eigenvalue weighted by molar-refractivity contribution is 7.99. The van der Waals surface area contributed by atoms with Crippen molar-refractivity contribution >= 4 is 17.4 Å². The van der Waals surface area contributed by atoms with Crippen molar-refractivity contribution in [2.75, 3.05) is 5.32 Å². The molecule has 1 nitrogen and oxygen atoms in total. The Kier molecular flexibility index (Phi) is 6.34. The van der Waals surface area contributed by atoms with Gasteiger partial charge in [-0.2, -0.15) is 8.78 Å². The molecule has 0 fully saturated rings. The fourth-order valence-corrected chi connectivity index (χ4v) is 2.24. The van der Waals surface area contributed by atoms with Crippen molar-refractivity contribution in [1.29, 1.82) is 0 Å². The van der Waals surface area contributed by atoms with Crippen LogP contribution in [0.25, 0.3) is 0 Å². The molecule has 0 aromatic heterocycles. The minimum Gasteiger partial charge on any atom is -0.382 e. The Morgan fingerprint density at radius 3 is 2.65 bits per heavy atom. The van der Waals surface area contributed by atoms with Crippen molar-refractivity contribution in [3.63, 3.8) is 0 Å². The second kappa shape index (κ2) is 7.54. The first-order valence-corrected chi connectivity index (χ1v) is 6.81. The van der Waals surface area contributed by atoms with Crippen LogP contribution in [0.5, 0.6) is 0 Å². The Morgan fingerprint density at radius 2 is 2.00 bits per heavy atom. The topological polar surface area (TPSA) is 12.0 Å². The maximum absolute atomic E-state index is 12.4. The van der Waals surface area contributed by atoms with Gasteiger partial charge < -0.3 is 5.32 Å².